The Balaban J connectivity index is 1.77. The summed E-state index contributed by atoms with van der Waals surface area (Å²) in [5.74, 6) is 0.858. The zero-order valence-corrected chi connectivity index (χ0v) is 9.32. The molecule has 1 aromatic rings. The van der Waals surface area contributed by atoms with Crippen molar-refractivity contribution in [2.75, 3.05) is 6.61 Å². The van der Waals surface area contributed by atoms with Gasteiger partial charge in [-0.3, -0.25) is 0 Å². The van der Waals surface area contributed by atoms with E-state index in [2.05, 4.69) is 17.4 Å². The van der Waals surface area contributed by atoms with Gasteiger partial charge in [-0.25, -0.2) is 0 Å². The van der Waals surface area contributed by atoms with Gasteiger partial charge in [0.2, 0.25) is 0 Å². The Hall–Kier alpha value is -0.870. The van der Waals surface area contributed by atoms with Crippen LogP contribution in [0.4, 0.5) is 0 Å². The molecule has 0 spiro atoms. The van der Waals surface area contributed by atoms with Gasteiger partial charge in [0.25, 0.3) is 0 Å². The van der Waals surface area contributed by atoms with Crippen molar-refractivity contribution in [2.24, 2.45) is 0 Å². The number of hydrogen-bond donors (Lipinski definition) is 1. The summed E-state index contributed by atoms with van der Waals surface area (Å²) >= 11 is 0. The van der Waals surface area contributed by atoms with Crippen LogP contribution in [0.3, 0.4) is 0 Å². The molecule has 0 radical (unpaired) electrons. The molecule has 2 heterocycles. The average Bonchev–Trinajstić information content (AvgIpc) is 2.84. The maximum Gasteiger partial charge on any atom is 0.133 e. The van der Waals surface area contributed by atoms with Crippen LogP contribution in [0.5, 0.6) is 0 Å². The van der Waals surface area contributed by atoms with Gasteiger partial charge >= 0.3 is 0 Å². The number of aromatic nitrogens is 1. The Bertz CT molecular complexity index is 305. The van der Waals surface area contributed by atoms with Gasteiger partial charge in [0.1, 0.15) is 5.76 Å². The van der Waals surface area contributed by atoms with Gasteiger partial charge < -0.3 is 14.6 Å². The summed E-state index contributed by atoms with van der Waals surface area (Å²) in [6, 6.07) is 2.33. The molecule has 0 aromatic carbocycles. The maximum absolute atomic E-state index is 5.60. The lowest BCUT2D eigenvalue weighted by molar-refractivity contribution is 0.0830. The number of ether oxygens (including phenoxy) is 1. The van der Waals surface area contributed by atoms with Crippen LogP contribution in [0.1, 0.15) is 31.2 Å². The lowest BCUT2D eigenvalue weighted by atomic mass is 10.1. The van der Waals surface area contributed by atoms with E-state index in [0.29, 0.717) is 12.1 Å². The number of nitrogens with one attached hydrogen (secondary N) is 1. The molecule has 1 aliphatic heterocycles. The first-order valence-electron chi connectivity index (χ1n) is 5.53. The Morgan fingerprint density at radius 3 is 3.13 bits per heavy atom. The molecule has 15 heavy (non-hydrogen) atoms. The molecular formula is C11H18N2O2. The summed E-state index contributed by atoms with van der Waals surface area (Å²) in [4.78, 5) is 0. The molecule has 0 bridgehead atoms. The summed E-state index contributed by atoms with van der Waals surface area (Å²) < 4.78 is 10.6. The molecule has 0 saturated carbocycles. The third-order valence-corrected chi connectivity index (χ3v) is 2.80. The molecule has 4 nitrogen and oxygen atoms in total. The van der Waals surface area contributed by atoms with E-state index >= 15 is 0 Å². The molecule has 1 aliphatic rings. The van der Waals surface area contributed by atoms with E-state index in [1.54, 1.807) is 0 Å². The van der Waals surface area contributed by atoms with Gasteiger partial charge in [-0.1, -0.05) is 5.16 Å². The van der Waals surface area contributed by atoms with Crippen molar-refractivity contribution >= 4 is 0 Å². The monoisotopic (exact) mass is 210 g/mol. The fraction of sp³-hybridized carbons (Fsp3) is 0.727. The zero-order chi connectivity index (χ0) is 10.7. The van der Waals surface area contributed by atoms with E-state index in [1.807, 2.05) is 13.0 Å². The van der Waals surface area contributed by atoms with Crippen molar-refractivity contribution in [3.63, 3.8) is 0 Å². The predicted molar refractivity (Wildman–Crippen MR) is 56.5 cm³/mol. The summed E-state index contributed by atoms with van der Waals surface area (Å²) in [6.45, 7) is 5.71. The maximum atomic E-state index is 5.60. The first-order valence-corrected chi connectivity index (χ1v) is 5.53. The lowest BCUT2D eigenvalue weighted by Crippen LogP contribution is -2.36. The molecular weight excluding hydrogens is 192 g/mol. The van der Waals surface area contributed by atoms with Crippen LogP contribution in [0.15, 0.2) is 10.6 Å². The quantitative estimate of drug-likeness (QED) is 0.820. The molecule has 2 unspecified atom stereocenters. The molecule has 2 atom stereocenters. The van der Waals surface area contributed by atoms with E-state index in [9.17, 15) is 0 Å². The number of rotatable bonds is 4. The Morgan fingerprint density at radius 2 is 2.53 bits per heavy atom. The third-order valence-electron chi connectivity index (χ3n) is 2.80. The van der Waals surface area contributed by atoms with Crippen molar-refractivity contribution in [3.05, 3.63) is 17.5 Å². The number of nitrogens with zero attached hydrogens (tertiary/aromatic N) is 1. The first kappa shape index (κ1) is 10.6. The van der Waals surface area contributed by atoms with Crippen LogP contribution < -0.4 is 5.32 Å². The summed E-state index contributed by atoms with van der Waals surface area (Å²) in [5.41, 5.74) is 0.956. The minimum atomic E-state index is 0.359. The highest BCUT2D eigenvalue weighted by Crippen LogP contribution is 2.15. The van der Waals surface area contributed by atoms with E-state index in [4.69, 9.17) is 9.26 Å². The van der Waals surface area contributed by atoms with Gasteiger partial charge in [-0.05, 0) is 26.7 Å². The van der Waals surface area contributed by atoms with E-state index < -0.39 is 0 Å². The summed E-state index contributed by atoms with van der Waals surface area (Å²) in [5, 5.41) is 7.34. The predicted octanol–water partition coefficient (Wildman–Crippen LogP) is 1.64. The Kier molecular flexibility index (Phi) is 3.38. The molecule has 0 amide bonds. The highest BCUT2D eigenvalue weighted by atomic mass is 16.5. The standard InChI is InChI=1S/C11H18N2O2/c1-8-6-10(13-15-8)7-12-9(2)11-4-3-5-14-11/h6,9,11-12H,3-5,7H2,1-2H3. The van der Waals surface area contributed by atoms with Crippen molar-refractivity contribution in [2.45, 2.75) is 45.4 Å². The molecule has 1 aromatic heterocycles. The third kappa shape index (κ3) is 2.79. The van der Waals surface area contributed by atoms with Gasteiger partial charge in [0, 0.05) is 25.3 Å². The number of aryl methyl sites for hydroxylation is 1. The van der Waals surface area contributed by atoms with E-state index in [-0.39, 0.29) is 0 Å². The van der Waals surface area contributed by atoms with Crippen molar-refractivity contribution < 1.29 is 9.26 Å². The van der Waals surface area contributed by atoms with Gasteiger partial charge in [-0.2, -0.15) is 0 Å². The smallest absolute Gasteiger partial charge is 0.133 e. The molecule has 0 aliphatic carbocycles. The number of hydrogen-bond acceptors (Lipinski definition) is 4. The molecule has 2 rings (SSSR count). The topological polar surface area (TPSA) is 47.3 Å². The second-order valence-electron chi connectivity index (χ2n) is 4.15. The van der Waals surface area contributed by atoms with Gasteiger partial charge in [0.15, 0.2) is 0 Å². The van der Waals surface area contributed by atoms with Gasteiger partial charge in [0.05, 0.1) is 11.8 Å². The van der Waals surface area contributed by atoms with Crippen LogP contribution in [0, 0.1) is 6.92 Å². The zero-order valence-electron chi connectivity index (χ0n) is 9.32. The average molecular weight is 210 g/mol. The van der Waals surface area contributed by atoms with Crippen molar-refractivity contribution in [1.29, 1.82) is 0 Å². The van der Waals surface area contributed by atoms with Crippen LogP contribution >= 0.6 is 0 Å². The second-order valence-corrected chi connectivity index (χ2v) is 4.15. The van der Waals surface area contributed by atoms with Crippen LogP contribution in [-0.2, 0) is 11.3 Å². The van der Waals surface area contributed by atoms with Crippen LogP contribution in [0.2, 0.25) is 0 Å². The fourth-order valence-corrected chi connectivity index (χ4v) is 1.90. The highest BCUT2D eigenvalue weighted by molar-refractivity contribution is 5.03. The minimum Gasteiger partial charge on any atom is -0.377 e. The SMILES string of the molecule is Cc1cc(CNC(C)C2CCCO2)no1. The molecule has 1 saturated heterocycles. The summed E-state index contributed by atoms with van der Waals surface area (Å²) in [7, 11) is 0. The van der Waals surface area contributed by atoms with E-state index in [0.717, 1.165) is 31.0 Å². The first-order chi connectivity index (χ1) is 7.25. The van der Waals surface area contributed by atoms with Crippen molar-refractivity contribution in [1.82, 2.24) is 10.5 Å². The molecule has 84 valence electrons. The normalized spacial score (nSPS) is 23.2. The van der Waals surface area contributed by atoms with Crippen LogP contribution in [0.25, 0.3) is 0 Å². The lowest BCUT2D eigenvalue weighted by Gasteiger charge is -2.19. The van der Waals surface area contributed by atoms with Gasteiger partial charge in [-0.15, -0.1) is 0 Å². The van der Waals surface area contributed by atoms with Crippen LogP contribution in [-0.4, -0.2) is 23.9 Å². The fourth-order valence-electron chi connectivity index (χ4n) is 1.90. The molecule has 1 fully saturated rings. The largest absolute Gasteiger partial charge is 0.377 e. The highest BCUT2D eigenvalue weighted by Gasteiger charge is 2.21. The summed E-state index contributed by atoms with van der Waals surface area (Å²) in [6.07, 6.45) is 2.70. The second kappa shape index (κ2) is 4.77. The molecule has 1 N–H and O–H groups in total. The molecule has 4 heteroatoms. The Labute approximate surface area is 90.0 Å². The Morgan fingerprint density at radius 1 is 1.67 bits per heavy atom. The van der Waals surface area contributed by atoms with Crippen molar-refractivity contribution in [3.8, 4) is 0 Å². The minimum absolute atomic E-state index is 0.359. The van der Waals surface area contributed by atoms with E-state index in [1.165, 1.54) is 6.42 Å².